The van der Waals surface area contributed by atoms with Crippen molar-refractivity contribution in [3.05, 3.63) is 177 Å². The molecule has 0 amide bonds. The van der Waals surface area contributed by atoms with E-state index in [1.165, 1.54) is 48.5 Å². The number of ether oxygens (including phenoxy) is 2. The molecule has 1 aliphatic rings. The van der Waals surface area contributed by atoms with Gasteiger partial charge in [0, 0.05) is 29.8 Å². The van der Waals surface area contributed by atoms with E-state index in [9.17, 15) is 20.2 Å². The quantitative estimate of drug-likeness (QED) is 0.0854. The van der Waals surface area contributed by atoms with Crippen LogP contribution in [0.15, 0.2) is 146 Å². The Kier molecular flexibility index (Phi) is 7.92. The van der Waals surface area contributed by atoms with Gasteiger partial charge in [0.25, 0.3) is 18.7 Å². The lowest BCUT2D eigenvalue weighted by Gasteiger charge is -2.34. The van der Waals surface area contributed by atoms with E-state index in [-0.39, 0.29) is 11.4 Å². The molecule has 236 valence electrons. The Morgan fingerprint density at radius 2 is 0.917 bits per heavy atom. The van der Waals surface area contributed by atoms with Crippen molar-refractivity contribution in [2.24, 2.45) is 0 Å². The molecule has 6 aromatic carbocycles. The maximum Gasteiger partial charge on any atom is 0.289 e. The molecule has 0 fully saturated rings. The zero-order valence-corrected chi connectivity index (χ0v) is 25.9. The molecule has 0 bridgehead atoms. The normalized spacial score (nSPS) is 14.7. The summed E-state index contributed by atoms with van der Waals surface area (Å²) in [5.41, 5.74) is 2.32. The number of benzene rings is 6. The summed E-state index contributed by atoms with van der Waals surface area (Å²) in [5.74, 6) is 2.38. The molecule has 0 radical (unpaired) electrons. The Labute approximate surface area is 274 Å². The molecule has 1 aliphatic heterocycles. The highest BCUT2D eigenvalue weighted by atomic mass is 31.2. The van der Waals surface area contributed by atoms with Crippen LogP contribution >= 0.6 is 7.37 Å². The molecule has 0 saturated carbocycles. The SMILES string of the molecule is O=[N+]([O-])c1ccc(Oc2ccc(C(c3ccc(Oc4ccc([N+](=O)[O-])cc4)cc3)P3(=O)Oc4ccccc4-c4ccccc43)cc2)cc1. The third kappa shape index (κ3) is 5.88. The molecule has 10 nitrogen and oxygen atoms in total. The first kappa shape index (κ1) is 30.4. The summed E-state index contributed by atoms with van der Waals surface area (Å²) in [4.78, 5) is 21.1. The van der Waals surface area contributed by atoms with Crippen LogP contribution in [0, 0.1) is 20.2 Å². The molecule has 1 heterocycles. The number of fused-ring (bicyclic) bond motifs is 3. The Hall–Kier alpha value is -6.25. The average Bonchev–Trinajstić information content (AvgIpc) is 3.10. The summed E-state index contributed by atoms with van der Waals surface area (Å²) >= 11 is 0. The first-order valence-electron chi connectivity index (χ1n) is 14.8. The van der Waals surface area contributed by atoms with Gasteiger partial charge in [-0.15, -0.1) is 0 Å². The summed E-state index contributed by atoms with van der Waals surface area (Å²) in [5, 5.41) is 22.7. The summed E-state index contributed by atoms with van der Waals surface area (Å²) in [6.45, 7) is 0. The minimum Gasteiger partial charge on any atom is -0.457 e. The molecule has 1 unspecified atom stereocenters. The molecule has 0 spiro atoms. The molecule has 7 rings (SSSR count). The smallest absolute Gasteiger partial charge is 0.289 e. The topological polar surface area (TPSA) is 131 Å². The molecular weight excluding hydrogens is 631 g/mol. The van der Waals surface area contributed by atoms with Gasteiger partial charge < -0.3 is 14.0 Å². The minimum atomic E-state index is -3.69. The first-order valence-corrected chi connectivity index (χ1v) is 16.5. The van der Waals surface area contributed by atoms with E-state index in [1.807, 2.05) is 72.8 Å². The van der Waals surface area contributed by atoms with E-state index < -0.39 is 22.9 Å². The van der Waals surface area contributed by atoms with Gasteiger partial charge in [0.15, 0.2) is 0 Å². The number of nitro benzene ring substituents is 2. The van der Waals surface area contributed by atoms with E-state index in [2.05, 4.69) is 0 Å². The first-order chi connectivity index (χ1) is 23.3. The number of hydrogen-bond acceptors (Lipinski definition) is 8. The van der Waals surface area contributed by atoms with E-state index in [0.717, 1.165) is 11.1 Å². The van der Waals surface area contributed by atoms with Crippen molar-refractivity contribution >= 4 is 24.0 Å². The van der Waals surface area contributed by atoms with Crippen molar-refractivity contribution in [3.63, 3.8) is 0 Å². The third-order valence-corrected chi connectivity index (χ3v) is 10.8. The Morgan fingerprint density at radius 1 is 0.521 bits per heavy atom. The predicted octanol–water partition coefficient (Wildman–Crippen LogP) is 9.84. The van der Waals surface area contributed by atoms with E-state index in [4.69, 9.17) is 14.0 Å². The lowest BCUT2D eigenvalue weighted by atomic mass is 10.0. The van der Waals surface area contributed by atoms with E-state index >= 15 is 4.57 Å². The van der Waals surface area contributed by atoms with Gasteiger partial charge in [-0.05, 0) is 77.4 Å². The monoisotopic (exact) mass is 656 g/mol. The van der Waals surface area contributed by atoms with Gasteiger partial charge in [0.2, 0.25) is 0 Å². The molecule has 0 aliphatic carbocycles. The second kappa shape index (κ2) is 12.5. The summed E-state index contributed by atoms with van der Waals surface area (Å²) < 4.78 is 33.8. The van der Waals surface area contributed by atoms with Crippen LogP contribution in [0.25, 0.3) is 11.1 Å². The van der Waals surface area contributed by atoms with E-state index in [1.54, 1.807) is 24.3 Å². The van der Waals surface area contributed by atoms with Crippen molar-refractivity contribution in [1.82, 2.24) is 0 Å². The average molecular weight is 657 g/mol. The van der Waals surface area contributed by atoms with Crippen molar-refractivity contribution in [3.8, 4) is 39.9 Å². The summed E-state index contributed by atoms with van der Waals surface area (Å²) in [6.07, 6.45) is 0. The highest BCUT2D eigenvalue weighted by Crippen LogP contribution is 2.65. The Morgan fingerprint density at radius 3 is 1.38 bits per heavy atom. The van der Waals surface area contributed by atoms with Crippen molar-refractivity contribution in [2.75, 3.05) is 0 Å². The lowest BCUT2D eigenvalue weighted by molar-refractivity contribution is -0.385. The number of nitrogens with zero attached hydrogens (tertiary/aromatic N) is 2. The van der Waals surface area contributed by atoms with Crippen molar-refractivity contribution in [2.45, 2.75) is 5.66 Å². The molecule has 11 heteroatoms. The molecule has 0 N–H and O–H groups in total. The van der Waals surface area contributed by atoms with Crippen LogP contribution in [0.3, 0.4) is 0 Å². The number of rotatable bonds is 9. The number of para-hydroxylation sites is 1. The van der Waals surface area contributed by atoms with Crippen LogP contribution in [-0.4, -0.2) is 9.85 Å². The van der Waals surface area contributed by atoms with Gasteiger partial charge in [-0.1, -0.05) is 60.7 Å². The third-order valence-electron chi connectivity index (χ3n) is 7.95. The van der Waals surface area contributed by atoms with Crippen LogP contribution in [-0.2, 0) is 4.57 Å². The highest BCUT2D eigenvalue weighted by molar-refractivity contribution is 7.68. The predicted molar refractivity (Wildman–Crippen MR) is 181 cm³/mol. The van der Waals surface area contributed by atoms with Crippen LogP contribution < -0.4 is 19.3 Å². The Bertz CT molecular complexity index is 2080. The van der Waals surface area contributed by atoms with Gasteiger partial charge in [-0.2, -0.15) is 0 Å². The Balaban J connectivity index is 1.26. The number of hydrogen-bond donors (Lipinski definition) is 0. The second-order valence-corrected chi connectivity index (χ2v) is 13.3. The lowest BCUT2D eigenvalue weighted by Crippen LogP contribution is -2.22. The van der Waals surface area contributed by atoms with Crippen LogP contribution in [0.4, 0.5) is 11.4 Å². The number of nitro groups is 2. The minimum absolute atomic E-state index is 0.0382. The van der Waals surface area contributed by atoms with Gasteiger partial charge >= 0.3 is 0 Å². The zero-order valence-electron chi connectivity index (χ0n) is 25.0. The van der Waals surface area contributed by atoms with Crippen molar-refractivity contribution < 1.29 is 28.4 Å². The molecule has 0 saturated heterocycles. The summed E-state index contributed by atoms with van der Waals surface area (Å²) in [6, 6.07) is 41.0. The molecule has 0 aromatic heterocycles. The van der Waals surface area contributed by atoms with Gasteiger partial charge in [-0.25, -0.2) is 0 Å². The standard InChI is InChI=1S/C37H25N2O8P/c40-38(41)27-13-21-31(22-14-27)45-29-17-9-25(10-18-29)37(26-11-19-30(20-12-26)46-32-23-15-28(16-24-32)39(42)43)48(44)36-8-4-2-6-34(36)33-5-1-3-7-35(33)47-48/h1-24,37H. The zero-order chi connectivity index (χ0) is 33.3. The van der Waals surface area contributed by atoms with Crippen LogP contribution in [0.2, 0.25) is 0 Å². The van der Waals surface area contributed by atoms with Gasteiger partial charge in [-0.3, -0.25) is 24.8 Å². The van der Waals surface area contributed by atoms with E-state index in [0.29, 0.717) is 45.2 Å². The molecule has 48 heavy (non-hydrogen) atoms. The summed E-state index contributed by atoms with van der Waals surface area (Å²) in [7, 11) is -3.69. The van der Waals surface area contributed by atoms with Crippen molar-refractivity contribution in [1.29, 1.82) is 0 Å². The van der Waals surface area contributed by atoms with Gasteiger partial charge in [0.05, 0.1) is 15.2 Å². The molecule has 1 atom stereocenters. The fourth-order valence-corrected chi connectivity index (χ4v) is 8.58. The second-order valence-electron chi connectivity index (χ2n) is 10.9. The maximum atomic E-state index is 15.5. The molecular formula is C37H25N2O8P. The fourth-order valence-electron chi connectivity index (χ4n) is 5.69. The maximum absolute atomic E-state index is 15.5. The molecule has 6 aromatic rings. The van der Waals surface area contributed by atoms with Gasteiger partial charge in [0.1, 0.15) is 34.4 Å². The van der Waals surface area contributed by atoms with Crippen LogP contribution in [0.1, 0.15) is 16.8 Å². The largest absolute Gasteiger partial charge is 0.457 e. The van der Waals surface area contributed by atoms with Crippen LogP contribution in [0.5, 0.6) is 28.7 Å². The number of non-ortho nitro benzene ring substituents is 2. The fraction of sp³-hybridized carbons (Fsp3) is 0.0270. The highest BCUT2D eigenvalue weighted by Gasteiger charge is 2.44.